The second-order valence-corrected chi connectivity index (χ2v) is 8.11. The first-order chi connectivity index (χ1) is 14.3. The quantitative estimate of drug-likeness (QED) is 0.479. The van der Waals surface area contributed by atoms with Gasteiger partial charge in [-0.2, -0.15) is 5.10 Å². The predicted octanol–water partition coefficient (Wildman–Crippen LogP) is 3.82. The third-order valence-electron chi connectivity index (χ3n) is 4.20. The van der Waals surface area contributed by atoms with Crippen LogP contribution in [0.4, 0.5) is 27.6 Å². The monoisotopic (exact) mass is 428 g/mol. The second kappa shape index (κ2) is 7.59. The van der Waals surface area contributed by atoms with E-state index >= 15 is 0 Å². The lowest BCUT2D eigenvalue weighted by Gasteiger charge is -2.24. The number of sulfonamides is 1. The molecule has 2 aromatic carbocycles. The number of hydrogen-bond donors (Lipinski definition) is 2. The molecular formula is C19H17FN6O3S. The third kappa shape index (κ3) is 3.87. The van der Waals surface area contributed by atoms with Crippen LogP contribution in [0, 0.1) is 19.7 Å². The van der Waals surface area contributed by atoms with Gasteiger partial charge >= 0.3 is 6.01 Å². The molecule has 30 heavy (non-hydrogen) atoms. The van der Waals surface area contributed by atoms with Gasteiger partial charge in [-0.05, 0) is 42.8 Å². The smallest absolute Gasteiger partial charge is 0.329 e. The van der Waals surface area contributed by atoms with E-state index in [1.165, 1.54) is 19.1 Å². The minimum Gasteiger partial charge on any atom is -0.408 e. The van der Waals surface area contributed by atoms with Gasteiger partial charge in [0.1, 0.15) is 16.5 Å². The lowest BCUT2D eigenvalue weighted by Crippen LogP contribution is -2.16. The van der Waals surface area contributed by atoms with Crippen molar-refractivity contribution in [2.45, 2.75) is 18.7 Å². The van der Waals surface area contributed by atoms with Crippen molar-refractivity contribution < 1.29 is 17.2 Å². The van der Waals surface area contributed by atoms with Crippen LogP contribution in [0.1, 0.15) is 11.5 Å². The molecule has 4 rings (SSSR count). The van der Waals surface area contributed by atoms with E-state index in [-0.39, 0.29) is 11.9 Å². The molecule has 154 valence electrons. The number of anilines is 4. The summed E-state index contributed by atoms with van der Waals surface area (Å²) in [5, 5.41) is 13.9. The first kappa shape index (κ1) is 19.6. The number of H-pyrrole nitrogens is 1. The largest absolute Gasteiger partial charge is 0.408 e. The summed E-state index contributed by atoms with van der Waals surface area (Å²) in [5.74, 6) is -0.166. The van der Waals surface area contributed by atoms with Gasteiger partial charge in [0.05, 0.1) is 11.9 Å². The summed E-state index contributed by atoms with van der Waals surface area (Å²) < 4.78 is 47.1. The van der Waals surface area contributed by atoms with Crippen molar-refractivity contribution in [3.63, 3.8) is 0 Å². The van der Waals surface area contributed by atoms with Gasteiger partial charge in [-0.25, -0.2) is 17.5 Å². The molecule has 0 saturated heterocycles. The summed E-state index contributed by atoms with van der Waals surface area (Å²) >= 11 is 0. The van der Waals surface area contributed by atoms with Crippen LogP contribution in [0.15, 0.2) is 64.0 Å². The fraction of sp³-hybridized carbons (Fsp3) is 0.105. The van der Waals surface area contributed by atoms with Crippen LogP contribution >= 0.6 is 0 Å². The lowest BCUT2D eigenvalue weighted by molar-refractivity contribution is 0.533. The third-order valence-corrected chi connectivity index (χ3v) is 5.55. The summed E-state index contributed by atoms with van der Waals surface area (Å²) in [4.78, 5) is 1.18. The zero-order chi connectivity index (χ0) is 21.3. The zero-order valence-corrected chi connectivity index (χ0v) is 16.8. The van der Waals surface area contributed by atoms with E-state index in [0.717, 1.165) is 17.3 Å². The minimum atomic E-state index is -4.26. The Hall–Kier alpha value is -3.73. The highest BCUT2D eigenvalue weighted by Gasteiger charge is 2.24. The van der Waals surface area contributed by atoms with E-state index in [0.29, 0.717) is 11.5 Å². The topological polar surface area (TPSA) is 117 Å². The molecule has 0 aliphatic heterocycles. The normalized spacial score (nSPS) is 11.4. The van der Waals surface area contributed by atoms with Crippen LogP contribution in [0.2, 0.25) is 0 Å². The highest BCUT2D eigenvalue weighted by Crippen LogP contribution is 2.35. The Morgan fingerprint density at radius 3 is 2.50 bits per heavy atom. The summed E-state index contributed by atoms with van der Waals surface area (Å²) in [6.45, 7) is 3.45. The standard InChI is InChI=1S/C19H17FN6O3S/c1-12-4-3-5-14(10-12)26(18-8-9-21-23-18)15-6-7-17(16(20)11-15)30(27,28)25-19-24-22-13(2)29-19/h3-11H,1-2H3,(H,21,23)(H,24,25). The van der Waals surface area contributed by atoms with Crippen LogP contribution in [0.25, 0.3) is 0 Å². The molecule has 2 heterocycles. The Labute approximate surface area is 171 Å². The van der Waals surface area contributed by atoms with Crippen LogP contribution in [0.5, 0.6) is 0 Å². The van der Waals surface area contributed by atoms with Gasteiger partial charge in [0.25, 0.3) is 10.0 Å². The van der Waals surface area contributed by atoms with E-state index in [9.17, 15) is 12.8 Å². The molecule has 4 aromatic rings. The maximum absolute atomic E-state index is 14.9. The van der Waals surface area contributed by atoms with Crippen LogP contribution < -0.4 is 9.62 Å². The average Bonchev–Trinajstić information content (AvgIpc) is 3.34. The summed E-state index contributed by atoms with van der Waals surface area (Å²) in [6, 6.07) is 12.8. The first-order valence-corrected chi connectivity index (χ1v) is 10.3. The Morgan fingerprint density at radius 2 is 1.87 bits per heavy atom. The van der Waals surface area contributed by atoms with Crippen molar-refractivity contribution in [1.82, 2.24) is 20.4 Å². The molecule has 0 amide bonds. The highest BCUT2D eigenvalue weighted by molar-refractivity contribution is 7.92. The van der Waals surface area contributed by atoms with E-state index < -0.39 is 20.7 Å². The second-order valence-electron chi connectivity index (χ2n) is 6.46. The van der Waals surface area contributed by atoms with E-state index in [4.69, 9.17) is 4.42 Å². The maximum Gasteiger partial charge on any atom is 0.329 e. The molecule has 2 N–H and O–H groups in total. The van der Waals surface area contributed by atoms with Crippen LogP contribution in [-0.4, -0.2) is 28.8 Å². The van der Waals surface area contributed by atoms with Crippen LogP contribution in [0.3, 0.4) is 0 Å². The molecule has 2 aromatic heterocycles. The Morgan fingerprint density at radius 1 is 1.07 bits per heavy atom. The van der Waals surface area contributed by atoms with Gasteiger partial charge in [0.15, 0.2) is 0 Å². The number of aryl methyl sites for hydroxylation is 2. The Balaban J connectivity index is 1.73. The van der Waals surface area contributed by atoms with Crippen molar-refractivity contribution in [2.75, 3.05) is 9.62 Å². The van der Waals surface area contributed by atoms with E-state index in [2.05, 4.69) is 25.1 Å². The molecule has 0 bridgehead atoms. The molecule has 0 spiro atoms. The van der Waals surface area contributed by atoms with Crippen molar-refractivity contribution >= 4 is 33.2 Å². The van der Waals surface area contributed by atoms with Crippen LogP contribution in [-0.2, 0) is 10.0 Å². The molecule has 0 aliphatic carbocycles. The molecule has 0 unspecified atom stereocenters. The molecule has 0 fully saturated rings. The SMILES string of the molecule is Cc1cccc(N(c2ccc(S(=O)(=O)Nc3nnc(C)o3)c(F)c2)c2ccn[nH]2)c1. The van der Waals surface area contributed by atoms with Crippen molar-refractivity contribution in [1.29, 1.82) is 0 Å². The van der Waals surface area contributed by atoms with Gasteiger partial charge in [-0.3, -0.25) is 10.00 Å². The zero-order valence-electron chi connectivity index (χ0n) is 16.0. The Kier molecular flexibility index (Phi) is 4.96. The number of benzene rings is 2. The summed E-state index contributed by atoms with van der Waals surface area (Å²) in [6.07, 6.45) is 1.57. The Bertz CT molecular complexity index is 1290. The molecule has 11 heteroatoms. The maximum atomic E-state index is 14.9. The number of hydrogen-bond acceptors (Lipinski definition) is 7. The van der Waals surface area contributed by atoms with Gasteiger partial charge in [-0.15, -0.1) is 5.10 Å². The minimum absolute atomic E-state index is 0.178. The van der Waals surface area contributed by atoms with Crippen molar-refractivity contribution in [3.05, 3.63) is 72.0 Å². The number of aromatic amines is 1. The van der Waals surface area contributed by atoms with Crippen molar-refractivity contribution in [3.8, 4) is 0 Å². The number of nitrogens with one attached hydrogen (secondary N) is 2. The number of aromatic nitrogens is 4. The number of halogens is 1. The van der Waals surface area contributed by atoms with E-state index in [1.807, 2.05) is 31.2 Å². The molecule has 0 radical (unpaired) electrons. The molecule has 9 nitrogen and oxygen atoms in total. The fourth-order valence-corrected chi connectivity index (χ4v) is 3.91. The average molecular weight is 428 g/mol. The van der Waals surface area contributed by atoms with Gasteiger partial charge in [0.2, 0.25) is 5.89 Å². The van der Waals surface area contributed by atoms with Gasteiger partial charge in [0, 0.05) is 18.7 Å². The lowest BCUT2D eigenvalue weighted by atomic mass is 10.2. The fourth-order valence-electron chi connectivity index (χ4n) is 2.92. The first-order valence-electron chi connectivity index (χ1n) is 8.82. The predicted molar refractivity (Wildman–Crippen MR) is 108 cm³/mol. The van der Waals surface area contributed by atoms with E-state index in [1.54, 1.807) is 17.2 Å². The molecule has 0 aliphatic rings. The number of rotatable bonds is 6. The molecule has 0 saturated carbocycles. The van der Waals surface area contributed by atoms with Gasteiger partial charge < -0.3 is 4.42 Å². The van der Waals surface area contributed by atoms with Crippen molar-refractivity contribution in [2.24, 2.45) is 0 Å². The summed E-state index contributed by atoms with van der Waals surface area (Å²) in [7, 11) is -4.26. The number of nitrogens with zero attached hydrogens (tertiary/aromatic N) is 4. The molecular weight excluding hydrogens is 411 g/mol. The van der Waals surface area contributed by atoms with Gasteiger partial charge in [-0.1, -0.05) is 17.2 Å². The highest BCUT2D eigenvalue weighted by atomic mass is 32.2. The summed E-state index contributed by atoms with van der Waals surface area (Å²) in [5.41, 5.74) is 2.18. The molecule has 0 atom stereocenters.